The van der Waals surface area contributed by atoms with Crippen LogP contribution in [0.1, 0.15) is 43.7 Å². The van der Waals surface area contributed by atoms with Gasteiger partial charge in [0.2, 0.25) is 0 Å². The molecule has 0 atom stereocenters. The number of ether oxygens (including phenoxy) is 2. The van der Waals surface area contributed by atoms with Crippen molar-refractivity contribution >= 4 is 34.2 Å². The van der Waals surface area contributed by atoms with E-state index >= 15 is 0 Å². The molecule has 0 saturated carbocycles. The van der Waals surface area contributed by atoms with Gasteiger partial charge in [0.05, 0.1) is 11.5 Å². The maximum Gasteiger partial charge on any atom is 1.00 e. The van der Waals surface area contributed by atoms with Crippen LogP contribution >= 0.6 is 0 Å². The standard InChI is InChI=1S/C21H22O7S.K.H/c1-14(2)13-27-21(23)19-12-17(8-11-20(19)28-15(3)22)5-4-16-6-9-18(10-7-16)29(24,25)26;;/h4-12,14H,13H2,1-3H3,(H,24,25,26);;/q;+1;-1. The van der Waals surface area contributed by atoms with E-state index in [-0.39, 0.29) is 81.5 Å². The van der Waals surface area contributed by atoms with Crippen LogP contribution in [0, 0.1) is 5.92 Å². The summed E-state index contributed by atoms with van der Waals surface area (Å²) in [7, 11) is -4.25. The summed E-state index contributed by atoms with van der Waals surface area (Å²) < 4.78 is 41.5. The summed E-state index contributed by atoms with van der Waals surface area (Å²) in [6, 6.07) is 10.4. The van der Waals surface area contributed by atoms with Crippen molar-refractivity contribution in [2.45, 2.75) is 25.7 Å². The zero-order chi connectivity index (χ0) is 21.6. The van der Waals surface area contributed by atoms with Crippen molar-refractivity contribution in [1.29, 1.82) is 0 Å². The number of carbonyl (C=O) groups is 2. The molecule has 2 aromatic carbocycles. The third kappa shape index (κ3) is 8.42. The second-order valence-electron chi connectivity index (χ2n) is 6.72. The molecule has 30 heavy (non-hydrogen) atoms. The van der Waals surface area contributed by atoms with Crippen LogP contribution in [0.5, 0.6) is 5.75 Å². The van der Waals surface area contributed by atoms with Crippen LogP contribution in [0.4, 0.5) is 0 Å². The average molecular weight is 459 g/mol. The van der Waals surface area contributed by atoms with E-state index in [0.29, 0.717) is 11.1 Å². The van der Waals surface area contributed by atoms with Gasteiger partial charge in [-0.15, -0.1) is 0 Å². The van der Waals surface area contributed by atoms with E-state index < -0.39 is 22.1 Å². The quantitative estimate of drug-likeness (QED) is 0.216. The summed E-state index contributed by atoms with van der Waals surface area (Å²) in [6.07, 6.45) is 3.41. The molecule has 0 spiro atoms. The fourth-order valence-corrected chi connectivity index (χ4v) is 2.80. The van der Waals surface area contributed by atoms with Crippen LogP contribution in [0.2, 0.25) is 0 Å². The molecule has 9 heteroatoms. The molecule has 1 N–H and O–H groups in total. The van der Waals surface area contributed by atoms with Gasteiger partial charge in [0.1, 0.15) is 11.3 Å². The van der Waals surface area contributed by atoms with Gasteiger partial charge in [0.15, 0.2) is 0 Å². The number of benzene rings is 2. The van der Waals surface area contributed by atoms with Gasteiger partial charge in [-0.25, -0.2) is 4.79 Å². The molecule has 0 saturated heterocycles. The normalized spacial score (nSPS) is 11.2. The number of hydrogen-bond acceptors (Lipinski definition) is 6. The van der Waals surface area contributed by atoms with Crippen molar-refractivity contribution in [3.63, 3.8) is 0 Å². The largest absolute Gasteiger partial charge is 1.00 e. The second kappa shape index (κ2) is 11.9. The monoisotopic (exact) mass is 458 g/mol. The molecule has 156 valence electrons. The third-order valence-corrected chi connectivity index (χ3v) is 4.54. The molecule has 0 aromatic heterocycles. The van der Waals surface area contributed by atoms with Gasteiger partial charge in [-0.1, -0.05) is 44.2 Å². The maximum atomic E-state index is 12.4. The zero-order valence-corrected chi connectivity index (χ0v) is 21.2. The Morgan fingerprint density at radius 3 is 2.17 bits per heavy atom. The first-order valence-electron chi connectivity index (χ1n) is 8.81. The topological polar surface area (TPSA) is 107 Å². The van der Waals surface area contributed by atoms with Crippen molar-refractivity contribution < 1.29 is 84.8 Å². The Hall–Kier alpha value is -1.33. The van der Waals surface area contributed by atoms with E-state index in [1.54, 1.807) is 24.3 Å². The summed E-state index contributed by atoms with van der Waals surface area (Å²) in [5, 5.41) is 0. The minimum atomic E-state index is -4.25. The van der Waals surface area contributed by atoms with Gasteiger partial charge < -0.3 is 10.9 Å². The van der Waals surface area contributed by atoms with Crippen LogP contribution in [0.15, 0.2) is 47.4 Å². The smallest absolute Gasteiger partial charge is 1.00 e. The van der Waals surface area contributed by atoms with Crippen LogP contribution < -0.4 is 56.1 Å². The predicted molar refractivity (Wildman–Crippen MR) is 109 cm³/mol. The number of rotatable bonds is 7. The van der Waals surface area contributed by atoms with Gasteiger partial charge in [-0.2, -0.15) is 8.42 Å². The molecular formula is C21H23KO7S. The first-order chi connectivity index (χ1) is 13.6. The Kier molecular flexibility index (Phi) is 10.6. The first-order valence-corrected chi connectivity index (χ1v) is 10.3. The fourth-order valence-electron chi connectivity index (χ4n) is 2.32. The van der Waals surface area contributed by atoms with Crippen molar-refractivity contribution in [1.82, 2.24) is 0 Å². The minimum absolute atomic E-state index is 0. The molecular weight excluding hydrogens is 435 g/mol. The summed E-state index contributed by atoms with van der Waals surface area (Å²) >= 11 is 0. The molecule has 0 aliphatic carbocycles. The Morgan fingerprint density at radius 1 is 1.07 bits per heavy atom. The van der Waals surface area contributed by atoms with Crippen molar-refractivity contribution in [3.05, 3.63) is 59.2 Å². The Balaban J connectivity index is 0.00000450. The number of hydrogen-bond donors (Lipinski definition) is 1. The minimum Gasteiger partial charge on any atom is -1.00 e. The van der Waals surface area contributed by atoms with E-state index in [1.807, 2.05) is 13.8 Å². The molecule has 0 aliphatic heterocycles. The van der Waals surface area contributed by atoms with Gasteiger partial charge in [-0.3, -0.25) is 9.35 Å². The average Bonchev–Trinajstić information content (AvgIpc) is 2.64. The van der Waals surface area contributed by atoms with Crippen molar-refractivity contribution in [3.8, 4) is 5.75 Å². The van der Waals surface area contributed by atoms with Gasteiger partial charge in [-0.05, 0) is 41.3 Å². The number of carbonyl (C=O) groups excluding carboxylic acids is 2. The van der Waals surface area contributed by atoms with E-state index in [9.17, 15) is 18.0 Å². The molecule has 0 aliphatic rings. The predicted octanol–water partition coefficient (Wildman–Crippen LogP) is 0.958. The van der Waals surface area contributed by atoms with Crippen LogP contribution in [-0.2, 0) is 19.6 Å². The Morgan fingerprint density at radius 2 is 1.63 bits per heavy atom. The second-order valence-corrected chi connectivity index (χ2v) is 8.14. The Labute approximate surface area is 220 Å². The molecule has 0 radical (unpaired) electrons. The van der Waals surface area contributed by atoms with E-state index in [0.717, 1.165) is 0 Å². The summed E-state index contributed by atoms with van der Waals surface area (Å²) in [5.74, 6) is -0.876. The fraction of sp³-hybridized carbons (Fsp3) is 0.238. The van der Waals surface area contributed by atoms with E-state index in [4.69, 9.17) is 14.0 Å². The van der Waals surface area contributed by atoms with Crippen LogP contribution in [0.25, 0.3) is 12.2 Å². The van der Waals surface area contributed by atoms with Crippen molar-refractivity contribution in [2.75, 3.05) is 6.61 Å². The molecule has 0 fully saturated rings. The summed E-state index contributed by atoms with van der Waals surface area (Å²) in [4.78, 5) is 23.5. The van der Waals surface area contributed by atoms with E-state index in [1.165, 1.54) is 37.3 Å². The molecule has 7 nitrogen and oxygen atoms in total. The molecule has 0 unspecified atom stereocenters. The van der Waals surface area contributed by atoms with Gasteiger partial charge in [0, 0.05) is 6.92 Å². The molecule has 2 aromatic rings. The van der Waals surface area contributed by atoms with E-state index in [2.05, 4.69) is 0 Å². The van der Waals surface area contributed by atoms with Gasteiger partial charge >= 0.3 is 63.3 Å². The summed E-state index contributed by atoms with van der Waals surface area (Å²) in [6.45, 7) is 5.30. The number of esters is 2. The third-order valence-electron chi connectivity index (χ3n) is 3.67. The van der Waals surface area contributed by atoms with Crippen molar-refractivity contribution in [2.24, 2.45) is 5.92 Å². The molecule has 0 heterocycles. The van der Waals surface area contributed by atoms with Crippen LogP contribution in [0.3, 0.4) is 0 Å². The maximum absolute atomic E-state index is 12.4. The summed E-state index contributed by atoms with van der Waals surface area (Å²) in [5.41, 5.74) is 1.46. The first kappa shape index (κ1) is 26.7. The SMILES string of the molecule is CC(=O)Oc1ccc(C=Cc2ccc(S(=O)(=O)O)cc2)cc1C(=O)OCC(C)C.[H-].[K+]. The van der Waals surface area contributed by atoms with Crippen LogP contribution in [-0.4, -0.2) is 31.5 Å². The zero-order valence-electron chi connectivity index (χ0n) is 18.3. The van der Waals surface area contributed by atoms with Gasteiger partial charge in [0.25, 0.3) is 10.1 Å². The molecule has 2 rings (SSSR count). The molecule has 0 amide bonds. The Bertz CT molecular complexity index is 1030. The molecule has 0 bridgehead atoms.